The van der Waals surface area contributed by atoms with Crippen molar-refractivity contribution in [3.63, 3.8) is 0 Å². The number of allylic oxidation sites excluding steroid dienone is 2. The molecule has 0 nitrogen and oxygen atoms in total. The summed E-state index contributed by atoms with van der Waals surface area (Å²) in [6, 6.07) is 30.8. The molecule has 1 aliphatic rings. The fraction of sp³-hybridized carbons (Fsp3) is 0.0968. The van der Waals surface area contributed by atoms with E-state index in [1.807, 2.05) is 17.4 Å². The minimum absolute atomic E-state index is 0.991. The van der Waals surface area contributed by atoms with Crippen molar-refractivity contribution in [3.05, 3.63) is 131 Å². The molecule has 0 amide bonds. The van der Waals surface area contributed by atoms with E-state index in [0.29, 0.717) is 0 Å². The first-order valence-electron chi connectivity index (χ1n) is 11.2. The van der Waals surface area contributed by atoms with Crippen LogP contribution in [0.5, 0.6) is 0 Å². The summed E-state index contributed by atoms with van der Waals surface area (Å²) in [5.74, 6) is 0. The molecule has 2 heteroatoms. The molecule has 0 bridgehead atoms. The van der Waals surface area contributed by atoms with Crippen LogP contribution in [0.1, 0.15) is 30.5 Å². The molecule has 0 radical (unpaired) electrons. The third-order valence-corrected chi connectivity index (χ3v) is 8.52. The van der Waals surface area contributed by atoms with E-state index in [1.165, 1.54) is 57.8 Å². The highest BCUT2D eigenvalue weighted by molar-refractivity contribution is 8.09. The first-order chi connectivity index (χ1) is 16.1. The quantitative estimate of drug-likeness (QED) is 0.216. The standard InChI is InChI=1S/C31H26S2/c1-4-10-29(23-11-6-5-7-12-23)32-31-18-17-30(33-31)24-15-16-27-22(3)28-14-9-8-13-26(28)21(2)19-25(27)20-24/h4-18,20H,1,19H2,2-3H3/b29-10-. The zero-order valence-electron chi connectivity index (χ0n) is 19.0. The Morgan fingerprint density at radius 1 is 0.879 bits per heavy atom. The largest absolute Gasteiger partial charge is 0.128 e. The number of thiophene rings is 1. The molecule has 0 unspecified atom stereocenters. The average molecular weight is 463 g/mol. The number of thioether (sulfide) groups is 1. The molecular formula is C31H26S2. The van der Waals surface area contributed by atoms with Gasteiger partial charge in [-0.3, -0.25) is 0 Å². The molecule has 0 atom stereocenters. The Labute approximate surface area is 204 Å². The average Bonchev–Trinajstić information content (AvgIpc) is 3.29. The summed E-state index contributed by atoms with van der Waals surface area (Å²) in [7, 11) is 0. The molecule has 0 aliphatic heterocycles. The maximum Gasteiger partial charge on any atom is 0.0653 e. The van der Waals surface area contributed by atoms with Gasteiger partial charge >= 0.3 is 0 Å². The summed E-state index contributed by atoms with van der Waals surface area (Å²) in [4.78, 5) is 2.53. The highest BCUT2D eigenvalue weighted by atomic mass is 32.2. The van der Waals surface area contributed by atoms with Crippen LogP contribution >= 0.6 is 23.1 Å². The van der Waals surface area contributed by atoms with E-state index < -0.39 is 0 Å². The fourth-order valence-corrected chi connectivity index (χ4v) is 6.71. The Kier molecular flexibility index (Phi) is 6.22. The monoisotopic (exact) mass is 462 g/mol. The predicted octanol–water partition coefficient (Wildman–Crippen LogP) is 7.68. The molecule has 3 aromatic carbocycles. The van der Waals surface area contributed by atoms with E-state index in [0.717, 1.165) is 6.42 Å². The zero-order valence-corrected chi connectivity index (χ0v) is 20.6. The van der Waals surface area contributed by atoms with Crippen molar-refractivity contribution < 1.29 is 0 Å². The summed E-state index contributed by atoms with van der Waals surface area (Å²) >= 11 is 3.66. The lowest BCUT2D eigenvalue weighted by atomic mass is 9.95. The summed E-state index contributed by atoms with van der Waals surface area (Å²) in [6.45, 7) is 8.43. The molecule has 0 fully saturated rings. The van der Waals surface area contributed by atoms with Crippen molar-refractivity contribution >= 4 is 39.2 Å². The Morgan fingerprint density at radius 3 is 2.42 bits per heavy atom. The molecule has 1 aliphatic carbocycles. The van der Waals surface area contributed by atoms with Crippen LogP contribution in [0.4, 0.5) is 0 Å². The Bertz CT molecular complexity index is 1480. The normalized spacial score (nSPS) is 13.3. The Morgan fingerprint density at radius 2 is 1.64 bits per heavy atom. The van der Waals surface area contributed by atoms with Crippen molar-refractivity contribution in [3.8, 4) is 10.4 Å². The number of benzene rings is 3. The van der Waals surface area contributed by atoms with Crippen molar-refractivity contribution in [2.24, 2.45) is 0 Å². The molecule has 1 heterocycles. The molecule has 1 aromatic heterocycles. The third kappa shape index (κ3) is 4.42. The first kappa shape index (κ1) is 21.8. The first-order valence-corrected chi connectivity index (χ1v) is 12.8. The van der Waals surface area contributed by atoms with E-state index in [9.17, 15) is 0 Å². The van der Waals surface area contributed by atoms with Gasteiger partial charge in [0.05, 0.1) is 4.21 Å². The van der Waals surface area contributed by atoms with Crippen molar-refractivity contribution in [1.29, 1.82) is 0 Å². The van der Waals surface area contributed by atoms with Gasteiger partial charge in [-0.1, -0.05) is 96.7 Å². The summed E-state index contributed by atoms with van der Waals surface area (Å²) in [6.07, 6.45) is 4.95. The molecular weight excluding hydrogens is 436 g/mol. The van der Waals surface area contributed by atoms with Crippen LogP contribution in [0.25, 0.3) is 26.5 Å². The third-order valence-electron chi connectivity index (χ3n) is 6.16. The molecule has 0 saturated carbocycles. The molecule has 33 heavy (non-hydrogen) atoms. The van der Waals surface area contributed by atoms with Gasteiger partial charge in [0.2, 0.25) is 0 Å². The van der Waals surface area contributed by atoms with E-state index in [4.69, 9.17) is 0 Å². The van der Waals surface area contributed by atoms with Gasteiger partial charge in [0, 0.05) is 9.78 Å². The maximum absolute atomic E-state index is 3.91. The highest BCUT2D eigenvalue weighted by Crippen LogP contribution is 2.41. The van der Waals surface area contributed by atoms with Gasteiger partial charge in [-0.05, 0) is 82.8 Å². The molecule has 0 spiro atoms. The van der Waals surface area contributed by atoms with Gasteiger partial charge in [0.25, 0.3) is 0 Å². The van der Waals surface area contributed by atoms with Gasteiger partial charge in [-0.25, -0.2) is 0 Å². The summed E-state index contributed by atoms with van der Waals surface area (Å²) in [5.41, 5.74) is 8.11. The van der Waals surface area contributed by atoms with Gasteiger partial charge < -0.3 is 0 Å². The minimum Gasteiger partial charge on any atom is -0.128 e. The smallest absolute Gasteiger partial charge is 0.0653 e. The molecule has 4 aromatic rings. The van der Waals surface area contributed by atoms with Crippen LogP contribution in [0.2, 0.25) is 0 Å². The maximum atomic E-state index is 3.91. The van der Waals surface area contributed by atoms with E-state index in [-0.39, 0.29) is 0 Å². The van der Waals surface area contributed by atoms with Crippen LogP contribution in [-0.4, -0.2) is 0 Å². The van der Waals surface area contributed by atoms with E-state index in [2.05, 4.69) is 111 Å². The SMILES string of the molecule is C=C/C=C(\Sc1ccc(-c2ccc3c(c2)CC(C)=c2ccccc2=C3C)s1)c1ccccc1. The highest BCUT2D eigenvalue weighted by Gasteiger charge is 2.14. The van der Waals surface area contributed by atoms with Crippen LogP contribution in [0.3, 0.4) is 0 Å². The number of hydrogen-bond donors (Lipinski definition) is 0. The second-order valence-electron chi connectivity index (χ2n) is 8.35. The Balaban J connectivity index is 1.48. The lowest BCUT2D eigenvalue weighted by Crippen LogP contribution is -2.27. The van der Waals surface area contributed by atoms with Crippen molar-refractivity contribution in [1.82, 2.24) is 0 Å². The Hall–Kier alpha value is -3.07. The van der Waals surface area contributed by atoms with Crippen LogP contribution in [0, 0.1) is 0 Å². The van der Waals surface area contributed by atoms with Gasteiger partial charge in [-0.2, -0.15) is 0 Å². The summed E-state index contributed by atoms with van der Waals surface area (Å²) in [5, 5.41) is 2.74. The van der Waals surface area contributed by atoms with E-state index in [1.54, 1.807) is 11.8 Å². The molecule has 0 N–H and O–H groups in total. The predicted molar refractivity (Wildman–Crippen MR) is 147 cm³/mol. The van der Waals surface area contributed by atoms with Gasteiger partial charge in [0.1, 0.15) is 0 Å². The van der Waals surface area contributed by atoms with Crippen LogP contribution < -0.4 is 10.4 Å². The van der Waals surface area contributed by atoms with Crippen LogP contribution in [0.15, 0.2) is 108 Å². The van der Waals surface area contributed by atoms with Crippen molar-refractivity contribution in [2.45, 2.75) is 24.5 Å². The van der Waals surface area contributed by atoms with Crippen LogP contribution in [-0.2, 0) is 6.42 Å². The lowest BCUT2D eigenvalue weighted by Gasteiger charge is -2.10. The topological polar surface area (TPSA) is 0 Å². The zero-order chi connectivity index (χ0) is 22.8. The molecule has 162 valence electrons. The molecule has 5 rings (SSSR count). The molecule has 0 saturated heterocycles. The second-order valence-corrected chi connectivity index (χ2v) is 10.8. The summed E-state index contributed by atoms with van der Waals surface area (Å²) < 4.78 is 1.29. The van der Waals surface area contributed by atoms with E-state index >= 15 is 0 Å². The fourth-order valence-electron chi connectivity index (χ4n) is 4.50. The number of fused-ring (bicyclic) bond motifs is 2. The number of rotatable bonds is 5. The lowest BCUT2D eigenvalue weighted by molar-refractivity contribution is 1.24. The van der Waals surface area contributed by atoms with Crippen molar-refractivity contribution in [2.75, 3.05) is 0 Å². The number of hydrogen-bond acceptors (Lipinski definition) is 2. The second kappa shape index (κ2) is 9.43. The van der Waals surface area contributed by atoms with Gasteiger partial charge in [0.15, 0.2) is 0 Å². The minimum atomic E-state index is 0.991. The van der Waals surface area contributed by atoms with Gasteiger partial charge in [-0.15, -0.1) is 11.3 Å².